The fourth-order valence-electron chi connectivity index (χ4n) is 3.82. The Morgan fingerprint density at radius 1 is 1.09 bits per heavy atom. The number of primary sulfonamides is 1. The predicted octanol–water partition coefficient (Wildman–Crippen LogP) is 1.73. The molecule has 0 unspecified atom stereocenters. The molecule has 3 aromatic heterocycles. The summed E-state index contributed by atoms with van der Waals surface area (Å²) in [6.07, 6.45) is 5.22. The van der Waals surface area contributed by atoms with Crippen LogP contribution in [0.15, 0.2) is 53.8 Å². The molecule has 4 heterocycles. The number of rotatable bonds is 5. The maximum Gasteiger partial charge on any atom is 0.238 e. The largest absolute Gasteiger partial charge is 0.357 e. The Hall–Kier alpha value is -3.61. The van der Waals surface area contributed by atoms with Gasteiger partial charge < -0.3 is 20.9 Å². The molecule has 33 heavy (non-hydrogen) atoms. The fourth-order valence-corrected chi connectivity index (χ4v) is 4.38. The van der Waals surface area contributed by atoms with Gasteiger partial charge in [0.15, 0.2) is 5.65 Å². The molecule has 0 radical (unpaired) electrons. The topological polar surface area (TPSA) is 169 Å². The van der Waals surface area contributed by atoms with Gasteiger partial charge >= 0.3 is 0 Å². The number of hydrogen-bond acceptors (Lipinski definition) is 9. The number of benzene rings is 1. The maximum atomic E-state index is 11.7. The van der Waals surface area contributed by atoms with Gasteiger partial charge in [0, 0.05) is 36.6 Å². The molecule has 6 N–H and O–H groups in total. The number of fused-ring (bicyclic) bond motifs is 1. The van der Waals surface area contributed by atoms with Crippen molar-refractivity contribution in [3.8, 4) is 11.3 Å². The number of H-pyrrole nitrogens is 1. The summed E-state index contributed by atoms with van der Waals surface area (Å²) in [6.45, 7) is 1.77. The van der Waals surface area contributed by atoms with E-state index >= 15 is 0 Å². The summed E-state index contributed by atoms with van der Waals surface area (Å²) in [7, 11) is -3.83. The monoisotopic (exact) mass is 465 g/mol. The molecule has 4 aromatic rings. The zero-order valence-corrected chi connectivity index (χ0v) is 18.5. The van der Waals surface area contributed by atoms with Crippen LogP contribution >= 0.6 is 0 Å². The van der Waals surface area contributed by atoms with Crippen molar-refractivity contribution in [3.63, 3.8) is 0 Å². The predicted molar refractivity (Wildman–Crippen MR) is 125 cm³/mol. The molecule has 11 nitrogen and oxygen atoms in total. The van der Waals surface area contributed by atoms with Crippen LogP contribution in [-0.4, -0.2) is 52.5 Å². The molecule has 1 aliphatic rings. The molecular formula is C21H23N9O2S. The normalized spacial score (nSPS) is 15.2. The number of piperidine rings is 1. The van der Waals surface area contributed by atoms with E-state index in [2.05, 4.69) is 35.1 Å². The second-order valence-corrected chi connectivity index (χ2v) is 9.49. The molecule has 0 spiro atoms. The molecule has 1 aromatic carbocycles. The van der Waals surface area contributed by atoms with Crippen molar-refractivity contribution in [1.29, 1.82) is 0 Å². The van der Waals surface area contributed by atoms with Gasteiger partial charge in [0.25, 0.3) is 0 Å². The molecule has 170 valence electrons. The third-order valence-corrected chi connectivity index (χ3v) is 6.50. The number of aromatic amines is 1. The number of anilines is 3. The van der Waals surface area contributed by atoms with Crippen LogP contribution in [0, 0.1) is 0 Å². The average molecular weight is 466 g/mol. The molecular weight excluding hydrogens is 442 g/mol. The minimum Gasteiger partial charge on any atom is -0.357 e. The quantitative estimate of drug-likeness (QED) is 0.343. The lowest BCUT2D eigenvalue weighted by Crippen LogP contribution is -2.40. The van der Waals surface area contributed by atoms with Crippen LogP contribution in [0.2, 0.25) is 0 Å². The van der Waals surface area contributed by atoms with Crippen molar-refractivity contribution in [1.82, 2.24) is 24.9 Å². The number of nitrogens with one attached hydrogen (secondary N) is 2. The minimum atomic E-state index is -3.83. The van der Waals surface area contributed by atoms with E-state index in [1.165, 1.54) is 12.1 Å². The number of imidazole rings is 1. The molecule has 0 atom stereocenters. The van der Waals surface area contributed by atoms with Crippen LogP contribution in [0.4, 0.5) is 17.5 Å². The minimum absolute atomic E-state index is 0.00738. The van der Waals surface area contributed by atoms with Crippen LogP contribution in [0.5, 0.6) is 0 Å². The molecule has 0 aliphatic carbocycles. The molecule has 12 heteroatoms. The van der Waals surface area contributed by atoms with Crippen molar-refractivity contribution < 1.29 is 8.42 Å². The highest BCUT2D eigenvalue weighted by Crippen LogP contribution is 2.28. The first-order valence-electron chi connectivity index (χ1n) is 10.4. The molecule has 1 aliphatic heterocycles. The van der Waals surface area contributed by atoms with Gasteiger partial charge in [0.1, 0.15) is 17.0 Å². The summed E-state index contributed by atoms with van der Waals surface area (Å²) < 4.78 is 23.3. The smallest absolute Gasteiger partial charge is 0.238 e. The summed E-state index contributed by atoms with van der Waals surface area (Å²) in [5.74, 6) is 1.17. The van der Waals surface area contributed by atoms with Gasteiger partial charge in [-0.15, -0.1) is 0 Å². The van der Waals surface area contributed by atoms with Crippen molar-refractivity contribution in [2.45, 2.75) is 23.8 Å². The van der Waals surface area contributed by atoms with Gasteiger partial charge in [-0.3, -0.25) is 0 Å². The van der Waals surface area contributed by atoms with Crippen LogP contribution in [-0.2, 0) is 10.0 Å². The zero-order valence-electron chi connectivity index (χ0n) is 17.6. The van der Waals surface area contributed by atoms with Gasteiger partial charge in [-0.05, 0) is 43.2 Å². The van der Waals surface area contributed by atoms with Crippen molar-refractivity contribution in [3.05, 3.63) is 48.9 Å². The van der Waals surface area contributed by atoms with Crippen LogP contribution in [0.3, 0.4) is 0 Å². The SMILES string of the molecule is NC1CCN(c2ccc(-c3nc(Nc4cccc(S(N)(=O)=O)c4)nc4nc[nH]c34)cn2)CC1. The first-order valence-corrected chi connectivity index (χ1v) is 12.0. The van der Waals surface area contributed by atoms with Crippen molar-refractivity contribution in [2.24, 2.45) is 10.9 Å². The summed E-state index contributed by atoms with van der Waals surface area (Å²) in [5, 5.41) is 8.27. The Labute approximate surface area is 190 Å². The molecule has 1 saturated heterocycles. The van der Waals surface area contributed by atoms with E-state index in [9.17, 15) is 8.42 Å². The molecule has 1 fully saturated rings. The van der Waals surface area contributed by atoms with Gasteiger partial charge in [0.2, 0.25) is 16.0 Å². The molecule has 5 rings (SSSR count). The zero-order chi connectivity index (χ0) is 23.0. The Kier molecular flexibility index (Phi) is 5.40. The molecule has 0 bridgehead atoms. The Morgan fingerprint density at radius 3 is 2.64 bits per heavy atom. The van der Waals surface area contributed by atoms with E-state index < -0.39 is 10.0 Å². The standard InChI is InChI=1S/C21H23N9O2S/c22-14-6-8-30(9-7-14)17-5-4-13(11-24-17)18-19-20(26-12-25-19)29-21(28-18)27-15-2-1-3-16(10-15)33(23,31)32/h1-5,10-12,14H,6-9,22H2,(H2,23,31,32)(H2,25,26,27,28,29). The lowest BCUT2D eigenvalue weighted by atomic mass is 10.1. The maximum absolute atomic E-state index is 11.7. The van der Waals surface area contributed by atoms with Crippen LogP contribution in [0.25, 0.3) is 22.4 Å². The highest BCUT2D eigenvalue weighted by Gasteiger charge is 2.18. The number of hydrogen-bond donors (Lipinski definition) is 4. The Balaban J connectivity index is 1.46. The van der Waals surface area contributed by atoms with Gasteiger partial charge in [-0.2, -0.15) is 4.98 Å². The van der Waals surface area contributed by atoms with Crippen LogP contribution < -0.4 is 21.1 Å². The third kappa shape index (κ3) is 4.49. The van der Waals surface area contributed by atoms with E-state index in [0.29, 0.717) is 22.5 Å². The lowest BCUT2D eigenvalue weighted by Gasteiger charge is -2.31. The number of nitrogens with two attached hydrogens (primary N) is 2. The number of nitrogens with zero attached hydrogens (tertiary/aromatic N) is 5. The first-order chi connectivity index (χ1) is 15.9. The van der Waals surface area contributed by atoms with Crippen LogP contribution in [0.1, 0.15) is 12.8 Å². The van der Waals surface area contributed by atoms with E-state index in [-0.39, 0.29) is 16.9 Å². The lowest BCUT2D eigenvalue weighted by molar-refractivity contribution is 0.498. The number of sulfonamides is 1. The number of pyridine rings is 1. The van der Waals surface area contributed by atoms with E-state index in [0.717, 1.165) is 37.3 Å². The van der Waals surface area contributed by atoms with E-state index in [1.807, 2.05) is 12.1 Å². The second kappa shape index (κ2) is 8.39. The third-order valence-electron chi connectivity index (χ3n) is 5.59. The van der Waals surface area contributed by atoms with E-state index in [1.54, 1.807) is 24.7 Å². The fraction of sp³-hybridized carbons (Fsp3) is 0.238. The van der Waals surface area contributed by atoms with Crippen molar-refractivity contribution in [2.75, 3.05) is 23.3 Å². The van der Waals surface area contributed by atoms with Gasteiger partial charge in [0.05, 0.1) is 11.2 Å². The summed E-state index contributed by atoms with van der Waals surface area (Å²) in [6, 6.07) is 10.3. The Morgan fingerprint density at radius 2 is 1.91 bits per heavy atom. The van der Waals surface area contributed by atoms with Gasteiger partial charge in [-0.1, -0.05) is 6.07 Å². The average Bonchev–Trinajstić information content (AvgIpc) is 3.28. The molecule has 0 amide bonds. The summed E-state index contributed by atoms with van der Waals surface area (Å²) >= 11 is 0. The highest BCUT2D eigenvalue weighted by atomic mass is 32.2. The second-order valence-electron chi connectivity index (χ2n) is 7.92. The Bertz CT molecular complexity index is 1400. The number of aromatic nitrogens is 5. The first kappa shape index (κ1) is 21.2. The highest BCUT2D eigenvalue weighted by molar-refractivity contribution is 7.89. The van der Waals surface area contributed by atoms with Gasteiger partial charge in [-0.25, -0.2) is 28.5 Å². The molecule has 0 saturated carbocycles. The van der Waals surface area contributed by atoms with E-state index in [4.69, 9.17) is 10.9 Å². The summed E-state index contributed by atoms with van der Waals surface area (Å²) in [4.78, 5) is 23.3. The summed E-state index contributed by atoms with van der Waals surface area (Å²) in [5.41, 5.74) is 9.06. The van der Waals surface area contributed by atoms with Crippen molar-refractivity contribution >= 4 is 38.6 Å².